The minimum atomic E-state index is -0.281. The van der Waals surface area contributed by atoms with Crippen molar-refractivity contribution < 1.29 is 5.11 Å². The summed E-state index contributed by atoms with van der Waals surface area (Å²) in [6, 6.07) is 10.4. The van der Waals surface area contributed by atoms with Gasteiger partial charge in [0, 0.05) is 18.5 Å². The second kappa shape index (κ2) is 5.29. The summed E-state index contributed by atoms with van der Waals surface area (Å²) in [5.41, 5.74) is 1.43. The molecule has 0 saturated carbocycles. The monoisotopic (exact) mass is 207 g/mol. The van der Waals surface area contributed by atoms with Gasteiger partial charge in [-0.3, -0.25) is 0 Å². The molecule has 0 bridgehead atoms. The molecule has 2 heteroatoms. The van der Waals surface area contributed by atoms with E-state index in [-0.39, 0.29) is 11.5 Å². The van der Waals surface area contributed by atoms with Crippen molar-refractivity contribution >= 4 is 0 Å². The van der Waals surface area contributed by atoms with E-state index in [4.69, 9.17) is 5.11 Å². The molecular formula is C13H21NO. The standard InChI is InChI=1S/C13H21NO/c1-11(15)9-14-10-13(2,3)12-7-5-4-6-8-12/h4-8,11,14-15H,9-10H2,1-3H3. The van der Waals surface area contributed by atoms with Crippen LogP contribution in [-0.4, -0.2) is 24.3 Å². The highest BCUT2D eigenvalue weighted by Crippen LogP contribution is 2.21. The van der Waals surface area contributed by atoms with Crippen LogP contribution in [0.2, 0.25) is 0 Å². The lowest BCUT2D eigenvalue weighted by molar-refractivity contribution is 0.188. The summed E-state index contributed by atoms with van der Waals surface area (Å²) >= 11 is 0. The van der Waals surface area contributed by atoms with E-state index in [0.717, 1.165) is 6.54 Å². The van der Waals surface area contributed by atoms with Gasteiger partial charge in [0.25, 0.3) is 0 Å². The minimum Gasteiger partial charge on any atom is -0.392 e. The lowest BCUT2D eigenvalue weighted by Crippen LogP contribution is -2.36. The van der Waals surface area contributed by atoms with E-state index in [0.29, 0.717) is 6.54 Å². The van der Waals surface area contributed by atoms with Crippen molar-refractivity contribution in [3.05, 3.63) is 35.9 Å². The molecule has 0 aliphatic rings. The van der Waals surface area contributed by atoms with Crippen molar-refractivity contribution in [1.82, 2.24) is 5.32 Å². The molecule has 0 fully saturated rings. The van der Waals surface area contributed by atoms with Crippen molar-refractivity contribution in [2.45, 2.75) is 32.3 Å². The zero-order chi connectivity index (χ0) is 11.3. The first-order chi connectivity index (χ1) is 7.02. The first-order valence-corrected chi connectivity index (χ1v) is 5.47. The number of benzene rings is 1. The van der Waals surface area contributed by atoms with Gasteiger partial charge in [-0.1, -0.05) is 44.2 Å². The molecule has 0 aliphatic carbocycles. The number of rotatable bonds is 5. The lowest BCUT2D eigenvalue weighted by Gasteiger charge is -2.26. The van der Waals surface area contributed by atoms with Crippen LogP contribution in [0.1, 0.15) is 26.3 Å². The Kier molecular flexibility index (Phi) is 4.30. The molecule has 0 spiro atoms. The lowest BCUT2D eigenvalue weighted by atomic mass is 9.84. The van der Waals surface area contributed by atoms with Gasteiger partial charge in [0.05, 0.1) is 6.10 Å². The zero-order valence-corrected chi connectivity index (χ0v) is 9.83. The third kappa shape index (κ3) is 4.02. The van der Waals surface area contributed by atoms with Crippen LogP contribution < -0.4 is 5.32 Å². The molecule has 15 heavy (non-hydrogen) atoms. The number of aliphatic hydroxyl groups is 1. The van der Waals surface area contributed by atoms with E-state index in [9.17, 15) is 0 Å². The molecule has 0 radical (unpaired) electrons. The van der Waals surface area contributed by atoms with Gasteiger partial charge >= 0.3 is 0 Å². The first-order valence-electron chi connectivity index (χ1n) is 5.47. The molecule has 1 aromatic rings. The van der Waals surface area contributed by atoms with Crippen LogP contribution in [-0.2, 0) is 5.41 Å². The Hall–Kier alpha value is -0.860. The third-order valence-corrected chi connectivity index (χ3v) is 2.56. The molecule has 1 aromatic carbocycles. The smallest absolute Gasteiger partial charge is 0.0636 e. The molecule has 84 valence electrons. The predicted molar refractivity (Wildman–Crippen MR) is 64.0 cm³/mol. The summed E-state index contributed by atoms with van der Waals surface area (Å²) in [5.74, 6) is 0. The van der Waals surface area contributed by atoms with E-state index in [2.05, 4.69) is 43.4 Å². The van der Waals surface area contributed by atoms with E-state index in [1.54, 1.807) is 6.92 Å². The van der Waals surface area contributed by atoms with E-state index in [1.165, 1.54) is 5.56 Å². The normalized spacial score (nSPS) is 13.9. The highest BCUT2D eigenvalue weighted by molar-refractivity contribution is 5.23. The highest BCUT2D eigenvalue weighted by Gasteiger charge is 2.19. The molecule has 0 heterocycles. The molecule has 0 aromatic heterocycles. The van der Waals surface area contributed by atoms with Crippen LogP contribution in [0.5, 0.6) is 0 Å². The summed E-state index contributed by atoms with van der Waals surface area (Å²) in [5, 5.41) is 12.4. The van der Waals surface area contributed by atoms with Crippen LogP contribution in [0.4, 0.5) is 0 Å². The molecular weight excluding hydrogens is 186 g/mol. The molecule has 2 nitrogen and oxygen atoms in total. The molecule has 1 unspecified atom stereocenters. The maximum Gasteiger partial charge on any atom is 0.0636 e. The van der Waals surface area contributed by atoms with Gasteiger partial charge in [-0.2, -0.15) is 0 Å². The third-order valence-electron chi connectivity index (χ3n) is 2.56. The number of hydrogen-bond donors (Lipinski definition) is 2. The fraction of sp³-hybridized carbons (Fsp3) is 0.538. The maximum atomic E-state index is 9.16. The molecule has 0 aliphatic heterocycles. The van der Waals surface area contributed by atoms with Crippen molar-refractivity contribution in [2.75, 3.05) is 13.1 Å². The summed E-state index contributed by atoms with van der Waals surface area (Å²) in [7, 11) is 0. The maximum absolute atomic E-state index is 9.16. The Bertz CT molecular complexity index is 280. The molecule has 0 amide bonds. The summed E-state index contributed by atoms with van der Waals surface area (Å²) in [4.78, 5) is 0. The Morgan fingerprint density at radius 3 is 2.40 bits per heavy atom. The minimum absolute atomic E-state index is 0.107. The number of aliphatic hydroxyl groups excluding tert-OH is 1. The summed E-state index contributed by atoms with van der Waals surface area (Å²) in [6.07, 6.45) is -0.281. The second-order valence-electron chi connectivity index (χ2n) is 4.73. The van der Waals surface area contributed by atoms with E-state index in [1.807, 2.05) is 6.07 Å². The quantitative estimate of drug-likeness (QED) is 0.773. The zero-order valence-electron chi connectivity index (χ0n) is 9.83. The van der Waals surface area contributed by atoms with Crippen molar-refractivity contribution in [3.8, 4) is 0 Å². The van der Waals surface area contributed by atoms with E-state index >= 15 is 0 Å². The Balaban J connectivity index is 2.52. The molecule has 1 rings (SSSR count). The Morgan fingerprint density at radius 2 is 1.87 bits per heavy atom. The highest BCUT2D eigenvalue weighted by atomic mass is 16.3. The number of nitrogens with one attached hydrogen (secondary N) is 1. The van der Waals surface area contributed by atoms with Gasteiger partial charge in [0.2, 0.25) is 0 Å². The average molecular weight is 207 g/mol. The van der Waals surface area contributed by atoms with Gasteiger partial charge < -0.3 is 10.4 Å². The van der Waals surface area contributed by atoms with Gasteiger partial charge in [-0.05, 0) is 12.5 Å². The van der Waals surface area contributed by atoms with Crippen molar-refractivity contribution in [1.29, 1.82) is 0 Å². The largest absolute Gasteiger partial charge is 0.392 e. The van der Waals surface area contributed by atoms with E-state index < -0.39 is 0 Å². The summed E-state index contributed by atoms with van der Waals surface area (Å²) < 4.78 is 0. The van der Waals surface area contributed by atoms with Crippen LogP contribution in [0.25, 0.3) is 0 Å². The molecule has 1 atom stereocenters. The van der Waals surface area contributed by atoms with Gasteiger partial charge in [-0.15, -0.1) is 0 Å². The SMILES string of the molecule is CC(O)CNCC(C)(C)c1ccccc1. The second-order valence-corrected chi connectivity index (χ2v) is 4.73. The van der Waals surface area contributed by atoms with Crippen LogP contribution >= 0.6 is 0 Å². The topological polar surface area (TPSA) is 32.3 Å². The Labute approximate surface area is 92.3 Å². The number of hydrogen-bond acceptors (Lipinski definition) is 2. The predicted octanol–water partition coefficient (Wildman–Crippen LogP) is 1.93. The fourth-order valence-electron chi connectivity index (χ4n) is 1.58. The van der Waals surface area contributed by atoms with Crippen molar-refractivity contribution in [2.24, 2.45) is 0 Å². The van der Waals surface area contributed by atoms with Gasteiger partial charge in [-0.25, -0.2) is 0 Å². The van der Waals surface area contributed by atoms with Crippen molar-refractivity contribution in [3.63, 3.8) is 0 Å². The Morgan fingerprint density at radius 1 is 1.27 bits per heavy atom. The van der Waals surface area contributed by atoms with Gasteiger partial charge in [0.1, 0.15) is 0 Å². The average Bonchev–Trinajstić information content (AvgIpc) is 2.18. The summed E-state index contributed by atoms with van der Waals surface area (Å²) in [6.45, 7) is 7.73. The van der Waals surface area contributed by atoms with Crippen LogP contribution in [0.3, 0.4) is 0 Å². The fourth-order valence-corrected chi connectivity index (χ4v) is 1.58. The first kappa shape index (κ1) is 12.2. The molecule has 0 saturated heterocycles. The van der Waals surface area contributed by atoms with Crippen LogP contribution in [0.15, 0.2) is 30.3 Å². The van der Waals surface area contributed by atoms with Gasteiger partial charge in [0.15, 0.2) is 0 Å². The van der Waals surface area contributed by atoms with Crippen LogP contribution in [0, 0.1) is 0 Å². The molecule has 2 N–H and O–H groups in total.